The van der Waals surface area contributed by atoms with Crippen LogP contribution in [0.25, 0.3) is 11.1 Å². The zero-order valence-corrected chi connectivity index (χ0v) is 33.1. The van der Waals surface area contributed by atoms with Crippen LogP contribution >= 0.6 is 0 Å². The van der Waals surface area contributed by atoms with Crippen molar-refractivity contribution in [2.75, 3.05) is 0 Å². The Kier molecular flexibility index (Phi) is 10.4. The number of phenolic OH excluding ortho intramolecular Hbond substituents is 16. The quantitative estimate of drug-likeness (QED) is 0.0777. The van der Waals surface area contributed by atoms with Gasteiger partial charge in [0.25, 0.3) is 0 Å². The van der Waals surface area contributed by atoms with E-state index in [1.54, 1.807) is 0 Å². The van der Waals surface area contributed by atoms with Gasteiger partial charge in [0, 0.05) is 70.5 Å². The van der Waals surface area contributed by atoms with Gasteiger partial charge in [0.1, 0.15) is 46.7 Å². The summed E-state index contributed by atoms with van der Waals surface area (Å²) in [4.78, 5) is 27.3. The lowest BCUT2D eigenvalue weighted by molar-refractivity contribution is -0.0196. The Bertz CT molecular complexity index is 2790. The molecule has 0 saturated carbocycles. The Morgan fingerprint density at radius 1 is 0.394 bits per heavy atom. The van der Waals surface area contributed by atoms with Crippen LogP contribution in [-0.2, 0) is 22.3 Å². The number of fused-ring (bicyclic) bond motifs is 2. The van der Waals surface area contributed by atoms with Crippen LogP contribution in [0, 0.1) is 0 Å². The molecule has 342 valence electrons. The normalized spacial score (nSPS) is 17.4. The highest BCUT2D eigenvalue weighted by molar-refractivity contribution is 5.93. The summed E-state index contributed by atoms with van der Waals surface area (Å²) in [5, 5.41) is 170. The Labute approximate surface area is 367 Å². The van der Waals surface area contributed by atoms with Gasteiger partial charge in [-0.1, -0.05) is 0 Å². The fourth-order valence-corrected chi connectivity index (χ4v) is 7.79. The third-order valence-electron chi connectivity index (χ3n) is 10.9. The maximum absolute atomic E-state index is 13.7. The molecule has 6 aromatic carbocycles. The SMILES string of the molecule is O=C(O[C@@H]1Cc2c(O)cc(O)cc2O[C@H]1c1cc(O)c(O)c(O)c1-c1c([C@@H]2Oc3cc(O)cc(O)c3C[C@H]2OC(=O)c2cc(O)c(O)c(O)c2)cc(O)c(O)c1O)c1cc(O)c(O)c(O)c1. The lowest BCUT2D eigenvalue weighted by Crippen LogP contribution is -2.36. The molecule has 0 spiro atoms. The summed E-state index contributed by atoms with van der Waals surface area (Å²) in [7, 11) is 0. The summed E-state index contributed by atoms with van der Waals surface area (Å²) in [5.74, 6) is -18.5. The van der Waals surface area contributed by atoms with Gasteiger partial charge in [-0.2, -0.15) is 0 Å². The fourth-order valence-electron chi connectivity index (χ4n) is 7.79. The van der Waals surface area contributed by atoms with Crippen LogP contribution in [0.4, 0.5) is 0 Å². The van der Waals surface area contributed by atoms with Crippen LogP contribution in [0.1, 0.15) is 55.2 Å². The maximum Gasteiger partial charge on any atom is 0.338 e. The summed E-state index contributed by atoms with van der Waals surface area (Å²) < 4.78 is 23.8. The molecule has 6 aromatic rings. The molecule has 0 saturated heterocycles. The standard InChI is InChI=1S/C44H34O22/c45-15-5-21(47)17-11-31(65-43(61)13-1-23(49)35(55)24(50)2-13)41(63-29(17)7-15)19-9-27(53)37(57)39(59)33(19)34-20(10-28(54)38(58)40(34)60)42-32(12-18-22(48)6-16(46)8-30(18)64-42)66-44(62)14-3-25(51)36(56)26(52)4-14/h1-10,31-32,41-42,45-60H,11-12H2/t31-,32-,41+,42+/m1/s1. The Balaban J connectivity index is 1.34. The Morgan fingerprint density at radius 2 is 0.712 bits per heavy atom. The van der Waals surface area contributed by atoms with Crippen molar-refractivity contribution >= 4 is 11.9 Å². The van der Waals surface area contributed by atoms with E-state index < -0.39 is 175 Å². The average Bonchev–Trinajstić information content (AvgIpc) is 3.25. The highest BCUT2D eigenvalue weighted by Gasteiger charge is 2.44. The first-order valence-electron chi connectivity index (χ1n) is 19.0. The molecule has 0 bridgehead atoms. The van der Waals surface area contributed by atoms with Crippen LogP contribution in [0.5, 0.6) is 103 Å². The molecular weight excluding hydrogens is 880 g/mol. The fraction of sp³-hybridized carbons (Fsp3) is 0.136. The molecular formula is C44H34O22. The van der Waals surface area contributed by atoms with Crippen LogP contribution < -0.4 is 9.47 Å². The van der Waals surface area contributed by atoms with Gasteiger partial charge in [0.2, 0.25) is 11.5 Å². The van der Waals surface area contributed by atoms with E-state index in [1.807, 2.05) is 0 Å². The van der Waals surface area contributed by atoms with Crippen LogP contribution in [0.15, 0.2) is 60.7 Å². The molecule has 0 aromatic heterocycles. The molecule has 0 aliphatic carbocycles. The average molecular weight is 915 g/mol. The first kappa shape index (κ1) is 43.3. The van der Waals surface area contributed by atoms with Gasteiger partial charge < -0.3 is 101 Å². The van der Waals surface area contributed by atoms with Gasteiger partial charge in [-0.05, 0) is 36.4 Å². The van der Waals surface area contributed by atoms with Gasteiger partial charge in [-0.15, -0.1) is 0 Å². The molecule has 0 amide bonds. The number of phenols is 16. The van der Waals surface area contributed by atoms with E-state index in [-0.39, 0.29) is 22.6 Å². The maximum atomic E-state index is 13.7. The van der Waals surface area contributed by atoms with E-state index >= 15 is 0 Å². The first-order valence-corrected chi connectivity index (χ1v) is 19.0. The molecule has 66 heavy (non-hydrogen) atoms. The van der Waals surface area contributed by atoms with E-state index in [2.05, 4.69) is 0 Å². The van der Waals surface area contributed by atoms with E-state index in [0.29, 0.717) is 0 Å². The Morgan fingerprint density at radius 3 is 1.05 bits per heavy atom. The second-order valence-electron chi connectivity index (χ2n) is 15.1. The molecule has 2 heterocycles. The molecule has 16 N–H and O–H groups in total. The number of ether oxygens (including phenoxy) is 4. The number of carbonyl (C=O) groups excluding carboxylic acids is 2. The van der Waals surface area contributed by atoms with Crippen molar-refractivity contribution in [3.63, 3.8) is 0 Å². The zero-order valence-electron chi connectivity index (χ0n) is 33.1. The number of hydrogen-bond donors (Lipinski definition) is 16. The van der Waals surface area contributed by atoms with Crippen LogP contribution in [0.3, 0.4) is 0 Å². The van der Waals surface area contributed by atoms with Crippen molar-refractivity contribution in [1.29, 1.82) is 0 Å². The van der Waals surface area contributed by atoms with E-state index in [9.17, 15) is 91.3 Å². The number of esters is 2. The minimum atomic E-state index is -1.87. The first-order chi connectivity index (χ1) is 31.1. The summed E-state index contributed by atoms with van der Waals surface area (Å²) in [5.41, 5.74) is -3.93. The molecule has 0 unspecified atom stereocenters. The number of rotatable bonds is 7. The second kappa shape index (κ2) is 15.8. The van der Waals surface area contributed by atoms with Crippen molar-refractivity contribution in [3.8, 4) is 115 Å². The lowest BCUT2D eigenvalue weighted by Gasteiger charge is -2.37. The van der Waals surface area contributed by atoms with Gasteiger partial charge in [-0.25, -0.2) is 9.59 Å². The number of hydrogen-bond acceptors (Lipinski definition) is 22. The second-order valence-corrected chi connectivity index (χ2v) is 15.1. The largest absolute Gasteiger partial charge is 0.508 e. The third-order valence-corrected chi connectivity index (χ3v) is 10.9. The van der Waals surface area contributed by atoms with Gasteiger partial charge in [0.15, 0.2) is 69.7 Å². The summed E-state index contributed by atoms with van der Waals surface area (Å²) in [6.07, 6.45) is -8.25. The molecule has 2 aliphatic rings. The molecule has 8 rings (SSSR count). The molecule has 0 fully saturated rings. The van der Waals surface area contributed by atoms with Crippen molar-refractivity contribution in [2.24, 2.45) is 0 Å². The molecule has 4 atom stereocenters. The van der Waals surface area contributed by atoms with Crippen molar-refractivity contribution in [3.05, 3.63) is 94.0 Å². The highest BCUT2D eigenvalue weighted by Crippen LogP contribution is 2.58. The zero-order chi connectivity index (χ0) is 47.8. The van der Waals surface area contributed by atoms with Crippen molar-refractivity contribution in [2.45, 2.75) is 37.3 Å². The molecule has 22 nitrogen and oxygen atoms in total. The van der Waals surface area contributed by atoms with Crippen molar-refractivity contribution < 1.29 is 110 Å². The van der Waals surface area contributed by atoms with Crippen molar-refractivity contribution in [1.82, 2.24) is 0 Å². The van der Waals surface area contributed by atoms with E-state index in [4.69, 9.17) is 18.9 Å². The van der Waals surface area contributed by atoms with Gasteiger partial charge in [0.05, 0.1) is 11.1 Å². The smallest absolute Gasteiger partial charge is 0.338 e. The molecule has 2 aliphatic heterocycles. The number of carbonyl (C=O) groups is 2. The lowest BCUT2D eigenvalue weighted by atomic mass is 9.83. The highest BCUT2D eigenvalue weighted by atomic mass is 16.6. The van der Waals surface area contributed by atoms with Gasteiger partial charge in [-0.3, -0.25) is 0 Å². The summed E-state index contributed by atoms with van der Waals surface area (Å²) >= 11 is 0. The molecule has 0 radical (unpaired) electrons. The number of benzene rings is 6. The Hall–Kier alpha value is -9.34. The molecule has 22 heteroatoms. The topological polar surface area (TPSA) is 395 Å². The predicted molar refractivity (Wildman–Crippen MR) is 217 cm³/mol. The van der Waals surface area contributed by atoms with Crippen LogP contribution in [0.2, 0.25) is 0 Å². The summed E-state index contributed by atoms with van der Waals surface area (Å²) in [6, 6.07) is 8.30. The predicted octanol–water partition coefficient (Wildman–Crippen LogP) is 4.45. The van der Waals surface area contributed by atoms with E-state index in [1.165, 1.54) is 0 Å². The summed E-state index contributed by atoms with van der Waals surface area (Å²) in [6.45, 7) is 0. The third kappa shape index (κ3) is 7.32. The minimum Gasteiger partial charge on any atom is -0.508 e. The monoisotopic (exact) mass is 914 g/mol. The van der Waals surface area contributed by atoms with Gasteiger partial charge >= 0.3 is 11.9 Å². The van der Waals surface area contributed by atoms with E-state index in [0.717, 1.165) is 60.7 Å². The number of aromatic hydroxyl groups is 16. The minimum absolute atomic E-state index is 0.0847. The van der Waals surface area contributed by atoms with Crippen LogP contribution in [-0.4, -0.2) is 106 Å².